The average molecular weight is 417 g/mol. The summed E-state index contributed by atoms with van der Waals surface area (Å²) in [6.45, 7) is -0.789. The van der Waals surface area contributed by atoms with E-state index in [0.29, 0.717) is 0 Å². The lowest BCUT2D eigenvalue weighted by atomic mass is 10.0. The predicted octanol–water partition coefficient (Wildman–Crippen LogP) is -2.48. The first-order chi connectivity index (χ1) is 10.7. The quantitative estimate of drug-likeness (QED) is 0.301. The van der Waals surface area contributed by atoms with Gasteiger partial charge in [-0.25, -0.2) is 8.37 Å². The van der Waals surface area contributed by atoms with Gasteiger partial charge in [0.05, 0.1) is 12.7 Å². The highest BCUT2D eigenvalue weighted by Crippen LogP contribution is 2.25. The van der Waals surface area contributed by atoms with Crippen LogP contribution in [0.4, 0.5) is 0 Å². The lowest BCUT2D eigenvalue weighted by Gasteiger charge is -2.39. The molecule has 0 radical (unpaired) electrons. The number of rotatable bonds is 8. The minimum Gasteiger partial charge on any atom is -0.354 e. The van der Waals surface area contributed by atoms with E-state index in [9.17, 15) is 25.3 Å². The lowest BCUT2D eigenvalue weighted by Crippen LogP contribution is -2.59. The molecule has 0 aromatic carbocycles. The Morgan fingerprint density at radius 2 is 1.67 bits per heavy atom. The molecule has 14 nitrogen and oxygen atoms in total. The zero-order chi connectivity index (χ0) is 18.8. The predicted molar refractivity (Wildman–Crippen MR) is 72.7 cm³/mol. The average Bonchev–Trinajstić information content (AvgIpc) is 2.34. The third-order valence-electron chi connectivity index (χ3n) is 2.68. The molecule has 1 fully saturated rings. The van der Waals surface area contributed by atoms with Crippen LogP contribution in [0.2, 0.25) is 0 Å². The van der Waals surface area contributed by atoms with Crippen molar-refractivity contribution in [1.29, 1.82) is 0 Å². The van der Waals surface area contributed by atoms with Crippen LogP contribution in [-0.4, -0.2) is 77.2 Å². The van der Waals surface area contributed by atoms with Gasteiger partial charge in [-0.1, -0.05) is 0 Å². The van der Waals surface area contributed by atoms with Gasteiger partial charge in [-0.15, -0.1) is 0 Å². The second-order valence-electron chi connectivity index (χ2n) is 4.49. The maximum absolute atomic E-state index is 10.9. The normalized spacial score (nSPS) is 29.5. The van der Waals surface area contributed by atoms with Gasteiger partial charge in [0, 0.05) is 13.5 Å². The van der Waals surface area contributed by atoms with Gasteiger partial charge in [-0.2, -0.15) is 30.0 Å². The smallest absolute Gasteiger partial charge is 0.354 e. The van der Waals surface area contributed by atoms with Gasteiger partial charge in [0.1, 0.15) is 12.1 Å². The molecule has 1 heterocycles. The Bertz CT molecular complexity index is 728. The molecule has 0 aromatic rings. The van der Waals surface area contributed by atoms with Crippen LogP contribution in [0.25, 0.3) is 0 Å². The summed E-state index contributed by atoms with van der Waals surface area (Å²) >= 11 is 0. The molecule has 0 spiro atoms. The van der Waals surface area contributed by atoms with Gasteiger partial charge >= 0.3 is 31.1 Å². The summed E-state index contributed by atoms with van der Waals surface area (Å²) in [7, 11) is -13.7. The summed E-state index contributed by atoms with van der Waals surface area (Å²) in [5.41, 5.74) is 0. The Balaban J connectivity index is 3.02. The van der Waals surface area contributed by atoms with Crippen molar-refractivity contribution in [3.63, 3.8) is 0 Å². The molecule has 144 valence electrons. The fourth-order valence-corrected chi connectivity index (χ4v) is 3.38. The van der Waals surface area contributed by atoms with Crippen molar-refractivity contribution < 1.29 is 56.8 Å². The molecule has 24 heavy (non-hydrogen) atoms. The first kappa shape index (κ1) is 21.6. The molecule has 1 aliphatic rings. The van der Waals surface area contributed by atoms with Gasteiger partial charge in [0.15, 0.2) is 6.29 Å². The Morgan fingerprint density at radius 3 is 2.08 bits per heavy atom. The van der Waals surface area contributed by atoms with Crippen molar-refractivity contribution in [2.45, 2.75) is 31.0 Å². The van der Waals surface area contributed by atoms with E-state index in [0.717, 1.165) is 7.11 Å². The SMILES string of the molecule is COC1OC(COS(=O)(=O)O)CC(OS(=O)(=O)O)C1NS(=O)(=O)O. The fraction of sp³-hybridized carbons (Fsp3) is 1.00. The second kappa shape index (κ2) is 7.83. The molecule has 4 unspecified atom stereocenters. The molecule has 0 aromatic heterocycles. The van der Waals surface area contributed by atoms with E-state index < -0.39 is 68.7 Å². The molecule has 4 atom stereocenters. The molecular formula is C7H15NO13S3. The second-order valence-corrected chi connectivity index (χ2v) is 7.82. The first-order valence-corrected chi connectivity index (χ1v) is 10.1. The van der Waals surface area contributed by atoms with Crippen molar-refractivity contribution >= 4 is 31.1 Å². The highest BCUT2D eigenvalue weighted by atomic mass is 32.3. The van der Waals surface area contributed by atoms with Crippen LogP contribution in [0.3, 0.4) is 0 Å². The summed E-state index contributed by atoms with van der Waals surface area (Å²) < 4.78 is 111. The van der Waals surface area contributed by atoms with Crippen LogP contribution in [-0.2, 0) is 48.9 Å². The molecule has 4 N–H and O–H groups in total. The topological polar surface area (TPSA) is 212 Å². The fourth-order valence-electron chi connectivity index (χ4n) is 1.94. The van der Waals surface area contributed by atoms with Gasteiger partial charge in [0.25, 0.3) is 0 Å². The number of hydrogen-bond acceptors (Lipinski definition) is 10. The number of methoxy groups -OCH3 is 1. The van der Waals surface area contributed by atoms with Crippen molar-refractivity contribution in [2.24, 2.45) is 0 Å². The molecule has 1 rings (SSSR count). The number of ether oxygens (including phenoxy) is 2. The number of hydrogen-bond donors (Lipinski definition) is 4. The molecule has 0 saturated carbocycles. The highest BCUT2D eigenvalue weighted by molar-refractivity contribution is 7.83. The van der Waals surface area contributed by atoms with Gasteiger partial charge < -0.3 is 9.47 Å². The van der Waals surface area contributed by atoms with E-state index in [4.69, 9.17) is 23.1 Å². The van der Waals surface area contributed by atoms with Crippen LogP contribution in [0.5, 0.6) is 0 Å². The summed E-state index contributed by atoms with van der Waals surface area (Å²) in [5.74, 6) is 0. The van der Waals surface area contributed by atoms with Crippen molar-refractivity contribution in [3.05, 3.63) is 0 Å². The molecule has 0 aliphatic carbocycles. The van der Waals surface area contributed by atoms with E-state index in [1.807, 2.05) is 0 Å². The molecule has 1 aliphatic heterocycles. The van der Waals surface area contributed by atoms with E-state index in [-0.39, 0.29) is 0 Å². The summed E-state index contributed by atoms with van der Waals surface area (Å²) in [4.78, 5) is 0. The van der Waals surface area contributed by atoms with Crippen molar-refractivity contribution in [3.8, 4) is 0 Å². The minimum atomic E-state index is -5.05. The van der Waals surface area contributed by atoms with Gasteiger partial charge in [-0.3, -0.25) is 13.7 Å². The third-order valence-corrected chi connectivity index (χ3v) is 4.18. The zero-order valence-corrected chi connectivity index (χ0v) is 14.3. The summed E-state index contributed by atoms with van der Waals surface area (Å²) in [6.07, 6.45) is -4.95. The van der Waals surface area contributed by atoms with Crippen molar-refractivity contribution in [1.82, 2.24) is 4.72 Å². The first-order valence-electron chi connectivity index (χ1n) is 5.90. The van der Waals surface area contributed by atoms with E-state index >= 15 is 0 Å². The summed E-state index contributed by atoms with van der Waals surface area (Å²) in [5, 5.41) is 0. The Hall–Kier alpha value is -0.470. The zero-order valence-electron chi connectivity index (χ0n) is 11.9. The van der Waals surface area contributed by atoms with Gasteiger partial charge in [-0.05, 0) is 0 Å². The van der Waals surface area contributed by atoms with Crippen LogP contribution >= 0.6 is 0 Å². The van der Waals surface area contributed by atoms with Crippen molar-refractivity contribution in [2.75, 3.05) is 13.7 Å². The standard InChI is InChI=1S/C7H15NO13S3/c1-18-7-6(8-22(9,10)11)5(21-24(15,16)17)2-4(20-7)3-19-23(12,13)14/h4-8H,2-3H2,1H3,(H,9,10,11)(H,12,13,14)(H,15,16,17). The van der Waals surface area contributed by atoms with Crippen LogP contribution in [0, 0.1) is 0 Å². The largest absolute Gasteiger partial charge is 0.397 e. The minimum absolute atomic E-state index is 0.512. The maximum atomic E-state index is 10.9. The molecule has 17 heteroatoms. The summed E-state index contributed by atoms with van der Waals surface area (Å²) in [6, 6.07) is -1.62. The molecule has 0 amide bonds. The van der Waals surface area contributed by atoms with Crippen LogP contribution in [0.15, 0.2) is 0 Å². The molecule has 0 bridgehead atoms. The van der Waals surface area contributed by atoms with E-state index in [1.165, 1.54) is 0 Å². The molecular weight excluding hydrogens is 402 g/mol. The Kier molecular flexibility index (Phi) is 7.03. The lowest BCUT2D eigenvalue weighted by molar-refractivity contribution is -0.218. The number of nitrogens with one attached hydrogen (secondary N) is 1. The van der Waals surface area contributed by atoms with Crippen LogP contribution < -0.4 is 4.72 Å². The van der Waals surface area contributed by atoms with Gasteiger partial charge in [0.2, 0.25) is 0 Å². The highest BCUT2D eigenvalue weighted by Gasteiger charge is 2.44. The maximum Gasteiger partial charge on any atom is 0.397 e. The third kappa shape index (κ3) is 8.07. The monoisotopic (exact) mass is 417 g/mol. The Labute approximate surface area is 137 Å². The van der Waals surface area contributed by atoms with Crippen LogP contribution in [0.1, 0.15) is 6.42 Å². The van der Waals surface area contributed by atoms with E-state index in [1.54, 1.807) is 4.72 Å². The molecule has 1 saturated heterocycles. The Morgan fingerprint density at radius 1 is 1.08 bits per heavy atom. The van der Waals surface area contributed by atoms with E-state index in [2.05, 4.69) is 8.37 Å².